The van der Waals surface area contributed by atoms with Gasteiger partial charge in [0.25, 0.3) is 11.8 Å². The molecule has 2 aromatic carbocycles. The Kier molecular flexibility index (Phi) is 9.14. The van der Waals surface area contributed by atoms with Crippen molar-refractivity contribution in [3.8, 4) is 5.75 Å². The molecule has 0 spiro atoms. The zero-order valence-corrected chi connectivity index (χ0v) is 25.1. The number of hydrogen-bond acceptors (Lipinski definition) is 7. The second-order valence-electron chi connectivity index (χ2n) is 11.9. The highest BCUT2D eigenvalue weighted by Gasteiger charge is 2.41. The number of anilines is 2. The number of aryl methyl sites for hydroxylation is 1. The minimum absolute atomic E-state index is 0.0432. The fourth-order valence-corrected chi connectivity index (χ4v) is 4.65. The van der Waals surface area contributed by atoms with E-state index in [0.717, 1.165) is 12.7 Å². The third-order valence-corrected chi connectivity index (χ3v) is 7.23. The molecular weight excluding hydrogens is 559 g/mol. The van der Waals surface area contributed by atoms with Crippen molar-refractivity contribution in [3.63, 3.8) is 0 Å². The van der Waals surface area contributed by atoms with Crippen LogP contribution in [-0.2, 0) is 21.0 Å². The lowest BCUT2D eigenvalue weighted by Crippen LogP contribution is -2.40. The molecule has 0 aliphatic carbocycles. The number of nitrogens with zero attached hydrogens (tertiary/aromatic N) is 1. The predicted octanol–water partition coefficient (Wildman–Crippen LogP) is 5.01. The highest BCUT2D eigenvalue weighted by molar-refractivity contribution is 7.86. The first-order chi connectivity index (χ1) is 18.8. The molecule has 0 bridgehead atoms. The van der Waals surface area contributed by atoms with E-state index in [4.69, 9.17) is 4.74 Å². The lowest BCUT2D eigenvalue weighted by atomic mass is 9.86. The maximum atomic E-state index is 13.5. The SMILES string of the molecule is COc1c(NC(=O)c2ccc(C)c(N3C=C(C(=O)NCC(C)(C)C)NN3)c2)cc(C(C)(C)C)cc1S(=O)C(F)(F)F. The first-order valence-electron chi connectivity index (χ1n) is 12.8. The summed E-state index contributed by atoms with van der Waals surface area (Å²) in [5, 5.41) is 7.03. The topological polar surface area (TPSA) is 112 Å². The number of alkyl halides is 3. The van der Waals surface area contributed by atoms with Gasteiger partial charge in [-0.2, -0.15) is 13.2 Å². The van der Waals surface area contributed by atoms with Crippen LogP contribution < -0.4 is 31.3 Å². The number of benzene rings is 2. The first-order valence-corrected chi connectivity index (χ1v) is 13.9. The highest BCUT2D eigenvalue weighted by Crippen LogP contribution is 2.41. The van der Waals surface area contributed by atoms with Crippen molar-refractivity contribution in [2.45, 2.75) is 64.3 Å². The lowest BCUT2D eigenvalue weighted by Gasteiger charge is -2.24. The summed E-state index contributed by atoms with van der Waals surface area (Å²) >= 11 is 0. The monoisotopic (exact) mass is 595 g/mol. The van der Waals surface area contributed by atoms with E-state index in [0.29, 0.717) is 17.8 Å². The first kappa shape index (κ1) is 31.9. The van der Waals surface area contributed by atoms with Crippen molar-refractivity contribution < 1.29 is 31.7 Å². The lowest BCUT2D eigenvalue weighted by molar-refractivity contribution is -0.118. The number of nitrogens with one attached hydrogen (secondary N) is 4. The summed E-state index contributed by atoms with van der Waals surface area (Å²) in [6.45, 7) is 13.6. The van der Waals surface area contributed by atoms with Gasteiger partial charge < -0.3 is 15.4 Å². The van der Waals surface area contributed by atoms with Gasteiger partial charge >= 0.3 is 5.51 Å². The van der Waals surface area contributed by atoms with Crippen LogP contribution >= 0.6 is 0 Å². The van der Waals surface area contributed by atoms with Gasteiger partial charge in [-0.25, -0.2) is 4.21 Å². The van der Waals surface area contributed by atoms with E-state index in [1.165, 1.54) is 12.1 Å². The molecule has 1 aliphatic heterocycles. The van der Waals surface area contributed by atoms with Crippen molar-refractivity contribution in [3.05, 3.63) is 58.9 Å². The minimum Gasteiger partial charge on any atom is -0.493 e. The standard InChI is InChI=1S/C28H36F3N5O4S/c1-16-9-10-17(11-21(16)36-14-20(34-35-36)25(38)32-15-26(2,3)4)24(37)33-19-12-18(27(5,6)7)13-22(23(19)40-8)41(39)28(29,30)31/h9-14,34-35H,15H2,1-8H3,(H,32,38)(H,33,37). The Balaban J connectivity index is 1.94. The molecular formula is C28H36F3N5O4S. The average molecular weight is 596 g/mol. The molecule has 2 aromatic rings. The van der Waals surface area contributed by atoms with Gasteiger partial charge in [-0.3, -0.25) is 20.0 Å². The van der Waals surface area contributed by atoms with Gasteiger partial charge in [-0.1, -0.05) is 47.6 Å². The Hall–Kier alpha value is -3.58. The van der Waals surface area contributed by atoms with Gasteiger partial charge in [0.2, 0.25) is 0 Å². The molecule has 1 atom stereocenters. The van der Waals surface area contributed by atoms with Gasteiger partial charge in [0.15, 0.2) is 16.5 Å². The van der Waals surface area contributed by atoms with E-state index in [9.17, 15) is 27.0 Å². The largest absolute Gasteiger partial charge is 0.493 e. The Bertz CT molecular complexity index is 1390. The quantitative estimate of drug-likeness (QED) is 0.356. The third kappa shape index (κ3) is 7.79. The summed E-state index contributed by atoms with van der Waals surface area (Å²) in [5.41, 5.74) is 2.12. The second kappa shape index (κ2) is 11.7. The van der Waals surface area contributed by atoms with E-state index in [1.54, 1.807) is 50.2 Å². The van der Waals surface area contributed by atoms with Crippen LogP contribution in [0.3, 0.4) is 0 Å². The van der Waals surface area contributed by atoms with E-state index in [2.05, 4.69) is 21.6 Å². The Morgan fingerprint density at radius 3 is 2.24 bits per heavy atom. The number of hydrogen-bond donors (Lipinski definition) is 4. The van der Waals surface area contributed by atoms with Crippen LogP contribution in [0.25, 0.3) is 0 Å². The van der Waals surface area contributed by atoms with E-state index in [-0.39, 0.29) is 34.0 Å². The Labute approximate surface area is 240 Å². The van der Waals surface area contributed by atoms with Crippen LogP contribution in [0.5, 0.6) is 5.75 Å². The zero-order chi connectivity index (χ0) is 30.9. The maximum Gasteiger partial charge on any atom is 0.475 e. The van der Waals surface area contributed by atoms with Crippen LogP contribution in [0.15, 0.2) is 47.1 Å². The molecule has 2 amide bonds. The molecule has 1 unspecified atom stereocenters. The molecule has 3 rings (SSSR count). The van der Waals surface area contributed by atoms with E-state index < -0.39 is 32.5 Å². The number of halogens is 3. The molecule has 0 saturated heterocycles. The van der Waals surface area contributed by atoms with E-state index >= 15 is 0 Å². The number of carbonyl (C=O) groups excluding carboxylic acids is 2. The van der Waals surface area contributed by atoms with Crippen molar-refractivity contribution in [2.24, 2.45) is 5.41 Å². The molecule has 0 fully saturated rings. The Morgan fingerprint density at radius 1 is 1.02 bits per heavy atom. The fourth-order valence-electron chi connectivity index (χ4n) is 3.81. The zero-order valence-electron chi connectivity index (χ0n) is 24.3. The van der Waals surface area contributed by atoms with Crippen LogP contribution in [-0.4, -0.2) is 35.2 Å². The normalized spacial score (nSPS) is 14.7. The maximum absolute atomic E-state index is 13.5. The minimum atomic E-state index is -5.02. The van der Waals surface area contributed by atoms with Crippen LogP contribution in [0.1, 0.15) is 63.0 Å². The molecule has 4 N–H and O–H groups in total. The number of ether oxygens (including phenoxy) is 1. The smallest absolute Gasteiger partial charge is 0.475 e. The number of hydrazine groups is 2. The number of methoxy groups -OCH3 is 1. The second-order valence-corrected chi connectivity index (χ2v) is 13.3. The fraction of sp³-hybridized carbons (Fsp3) is 0.429. The highest BCUT2D eigenvalue weighted by atomic mass is 32.2. The van der Waals surface area contributed by atoms with Crippen LogP contribution in [0.2, 0.25) is 0 Å². The number of carbonyl (C=O) groups is 2. The summed E-state index contributed by atoms with van der Waals surface area (Å²) in [4.78, 5) is 25.3. The molecule has 224 valence electrons. The molecule has 41 heavy (non-hydrogen) atoms. The summed E-state index contributed by atoms with van der Waals surface area (Å²) in [6, 6.07) is 7.54. The number of amides is 2. The van der Waals surface area contributed by atoms with Gasteiger partial charge in [0.05, 0.1) is 29.6 Å². The third-order valence-electron chi connectivity index (χ3n) is 6.11. The summed E-state index contributed by atoms with van der Waals surface area (Å²) in [6.07, 6.45) is 1.55. The molecule has 1 heterocycles. The summed E-state index contributed by atoms with van der Waals surface area (Å²) in [7, 11) is -2.24. The molecule has 9 nitrogen and oxygen atoms in total. The van der Waals surface area contributed by atoms with Crippen molar-refractivity contribution in [1.82, 2.24) is 16.3 Å². The molecule has 13 heteroatoms. The molecule has 0 saturated carbocycles. The van der Waals surface area contributed by atoms with Gasteiger partial charge in [-0.15, -0.1) is 5.53 Å². The molecule has 0 aromatic heterocycles. The predicted molar refractivity (Wildman–Crippen MR) is 153 cm³/mol. The average Bonchev–Trinajstić information content (AvgIpc) is 3.35. The van der Waals surface area contributed by atoms with Gasteiger partial charge in [0, 0.05) is 12.1 Å². The summed E-state index contributed by atoms with van der Waals surface area (Å²) in [5.74, 6) is -1.27. The van der Waals surface area contributed by atoms with Crippen LogP contribution in [0, 0.1) is 12.3 Å². The Morgan fingerprint density at radius 2 is 1.68 bits per heavy atom. The van der Waals surface area contributed by atoms with Crippen LogP contribution in [0.4, 0.5) is 24.5 Å². The van der Waals surface area contributed by atoms with Crippen molar-refractivity contribution in [2.75, 3.05) is 24.0 Å². The molecule has 1 aliphatic rings. The van der Waals surface area contributed by atoms with Gasteiger partial charge in [-0.05, 0) is 53.1 Å². The van der Waals surface area contributed by atoms with Crippen molar-refractivity contribution in [1.29, 1.82) is 0 Å². The van der Waals surface area contributed by atoms with Crippen molar-refractivity contribution >= 4 is 34.0 Å². The van der Waals surface area contributed by atoms with E-state index in [1.807, 2.05) is 27.7 Å². The van der Waals surface area contributed by atoms with Gasteiger partial charge in [0.1, 0.15) is 5.70 Å². The molecule has 0 radical (unpaired) electrons. The summed E-state index contributed by atoms with van der Waals surface area (Å²) < 4.78 is 57.9. The number of rotatable bonds is 7.